The van der Waals surface area contributed by atoms with Crippen LogP contribution in [0.25, 0.3) is 0 Å². The molecule has 0 aromatic heterocycles. The number of carbonyl (C=O) groups excluding carboxylic acids is 1. The van der Waals surface area contributed by atoms with Gasteiger partial charge in [-0.2, -0.15) is 5.26 Å². The predicted molar refractivity (Wildman–Crippen MR) is 62.3 cm³/mol. The van der Waals surface area contributed by atoms with Gasteiger partial charge < -0.3 is 14.4 Å². The monoisotopic (exact) mass is 240 g/mol. The summed E-state index contributed by atoms with van der Waals surface area (Å²) in [7, 11) is 1.60. The molecule has 1 heterocycles. The van der Waals surface area contributed by atoms with Crippen LogP contribution in [0.2, 0.25) is 0 Å². The first-order valence-electron chi connectivity index (χ1n) is 6.03. The van der Waals surface area contributed by atoms with Gasteiger partial charge in [0, 0.05) is 26.8 Å². The van der Waals surface area contributed by atoms with E-state index in [1.165, 1.54) is 0 Å². The van der Waals surface area contributed by atoms with Crippen LogP contribution in [0.1, 0.15) is 25.7 Å². The maximum Gasteiger partial charge on any atom is 0.225 e. The minimum Gasteiger partial charge on any atom is -0.383 e. The van der Waals surface area contributed by atoms with Crippen LogP contribution in [0.15, 0.2) is 0 Å². The van der Waals surface area contributed by atoms with Crippen LogP contribution in [-0.4, -0.2) is 50.3 Å². The summed E-state index contributed by atoms with van der Waals surface area (Å²) in [5, 5.41) is 8.56. The quantitative estimate of drug-likeness (QED) is 0.664. The third-order valence-corrected chi connectivity index (χ3v) is 2.84. The number of nitriles is 1. The van der Waals surface area contributed by atoms with E-state index < -0.39 is 0 Å². The molecule has 0 bridgehead atoms. The first kappa shape index (κ1) is 13.9. The number of methoxy groups -OCH3 is 1. The summed E-state index contributed by atoms with van der Waals surface area (Å²) in [4.78, 5) is 13.7. The number of rotatable bonds is 7. The molecule has 1 aliphatic heterocycles. The van der Waals surface area contributed by atoms with Crippen LogP contribution in [-0.2, 0) is 14.3 Å². The fraction of sp³-hybridized carbons (Fsp3) is 0.833. The standard InChI is InChI=1S/C12H20N2O3/c1-16-9-7-14(6-3-5-13)12(15)10-11-4-2-8-17-11/h11H,2-4,6-10H2,1H3. The normalized spacial score (nSPS) is 18.9. The van der Waals surface area contributed by atoms with Gasteiger partial charge in [0.05, 0.1) is 31.6 Å². The molecule has 0 saturated carbocycles. The van der Waals surface area contributed by atoms with Gasteiger partial charge in [-0.05, 0) is 12.8 Å². The minimum absolute atomic E-state index is 0.0594. The summed E-state index contributed by atoms with van der Waals surface area (Å²) >= 11 is 0. The van der Waals surface area contributed by atoms with Crippen LogP contribution in [0.5, 0.6) is 0 Å². The summed E-state index contributed by atoms with van der Waals surface area (Å²) < 4.78 is 10.4. The third-order valence-electron chi connectivity index (χ3n) is 2.84. The highest BCUT2D eigenvalue weighted by Gasteiger charge is 2.22. The van der Waals surface area contributed by atoms with E-state index in [4.69, 9.17) is 14.7 Å². The topological polar surface area (TPSA) is 62.6 Å². The first-order valence-corrected chi connectivity index (χ1v) is 6.03. The summed E-state index contributed by atoms with van der Waals surface area (Å²) in [5.41, 5.74) is 0. The summed E-state index contributed by atoms with van der Waals surface area (Å²) in [6, 6.07) is 2.06. The van der Waals surface area contributed by atoms with Gasteiger partial charge in [-0.15, -0.1) is 0 Å². The molecule has 1 unspecified atom stereocenters. The Hall–Kier alpha value is -1.12. The molecule has 5 nitrogen and oxygen atoms in total. The summed E-state index contributed by atoms with van der Waals surface area (Å²) in [6.07, 6.45) is 2.85. The number of nitrogens with zero attached hydrogens (tertiary/aromatic N) is 2. The Morgan fingerprint density at radius 2 is 2.41 bits per heavy atom. The molecule has 0 radical (unpaired) electrons. The zero-order chi connectivity index (χ0) is 12.5. The minimum atomic E-state index is 0.0594. The fourth-order valence-corrected chi connectivity index (χ4v) is 1.88. The smallest absolute Gasteiger partial charge is 0.225 e. The molecule has 1 saturated heterocycles. The van der Waals surface area contributed by atoms with Crippen molar-refractivity contribution in [2.45, 2.75) is 31.8 Å². The van der Waals surface area contributed by atoms with Crippen molar-refractivity contribution in [2.24, 2.45) is 0 Å². The highest BCUT2D eigenvalue weighted by molar-refractivity contribution is 5.76. The molecule has 0 spiro atoms. The van der Waals surface area contributed by atoms with E-state index in [9.17, 15) is 4.79 Å². The largest absolute Gasteiger partial charge is 0.383 e. The molecular formula is C12H20N2O3. The maximum absolute atomic E-state index is 12.0. The number of carbonyl (C=O) groups is 1. The molecule has 0 aromatic carbocycles. The molecule has 1 amide bonds. The lowest BCUT2D eigenvalue weighted by Gasteiger charge is -2.22. The highest BCUT2D eigenvalue weighted by atomic mass is 16.5. The molecular weight excluding hydrogens is 220 g/mol. The molecule has 1 aliphatic rings. The molecule has 1 rings (SSSR count). The Bertz CT molecular complexity index is 269. The van der Waals surface area contributed by atoms with Gasteiger partial charge in [0.1, 0.15) is 0 Å². The maximum atomic E-state index is 12.0. The van der Waals surface area contributed by atoms with Crippen LogP contribution >= 0.6 is 0 Å². The molecule has 0 N–H and O–H groups in total. The second-order valence-corrected chi connectivity index (χ2v) is 4.12. The van der Waals surface area contributed by atoms with E-state index >= 15 is 0 Å². The van der Waals surface area contributed by atoms with Gasteiger partial charge in [0.2, 0.25) is 5.91 Å². The fourth-order valence-electron chi connectivity index (χ4n) is 1.88. The van der Waals surface area contributed by atoms with Crippen molar-refractivity contribution < 1.29 is 14.3 Å². The number of hydrogen-bond donors (Lipinski definition) is 0. The SMILES string of the molecule is COCCN(CCC#N)C(=O)CC1CCCO1. The van der Waals surface area contributed by atoms with Crippen molar-refractivity contribution >= 4 is 5.91 Å². The number of ether oxygens (including phenoxy) is 2. The second kappa shape index (κ2) is 8.04. The van der Waals surface area contributed by atoms with Gasteiger partial charge in [-0.3, -0.25) is 4.79 Å². The number of hydrogen-bond acceptors (Lipinski definition) is 4. The molecule has 17 heavy (non-hydrogen) atoms. The Balaban J connectivity index is 2.37. The Morgan fingerprint density at radius 3 is 3.00 bits per heavy atom. The molecule has 96 valence electrons. The van der Waals surface area contributed by atoms with Gasteiger partial charge in [-0.25, -0.2) is 0 Å². The molecule has 0 aliphatic carbocycles. The van der Waals surface area contributed by atoms with E-state index in [1.54, 1.807) is 12.0 Å². The van der Waals surface area contributed by atoms with Gasteiger partial charge >= 0.3 is 0 Å². The summed E-state index contributed by atoms with van der Waals surface area (Å²) in [6.45, 7) is 2.28. The van der Waals surface area contributed by atoms with E-state index in [0.717, 1.165) is 19.4 Å². The zero-order valence-corrected chi connectivity index (χ0v) is 10.4. The summed E-state index contributed by atoms with van der Waals surface area (Å²) in [5.74, 6) is 0.0594. The lowest BCUT2D eigenvalue weighted by atomic mass is 10.1. The van der Waals surface area contributed by atoms with Gasteiger partial charge in [-0.1, -0.05) is 0 Å². The van der Waals surface area contributed by atoms with Crippen molar-refractivity contribution in [1.82, 2.24) is 4.90 Å². The van der Waals surface area contributed by atoms with Gasteiger partial charge in [0.25, 0.3) is 0 Å². The predicted octanol–water partition coefficient (Wildman–Crippen LogP) is 0.944. The molecule has 1 atom stereocenters. The van der Waals surface area contributed by atoms with E-state index in [2.05, 4.69) is 6.07 Å². The van der Waals surface area contributed by atoms with Crippen molar-refractivity contribution in [3.05, 3.63) is 0 Å². The Kier molecular flexibility index (Phi) is 6.60. The highest BCUT2D eigenvalue weighted by Crippen LogP contribution is 2.16. The zero-order valence-electron chi connectivity index (χ0n) is 10.4. The van der Waals surface area contributed by atoms with Gasteiger partial charge in [0.15, 0.2) is 0 Å². The molecule has 1 fully saturated rings. The first-order chi connectivity index (χ1) is 8.27. The second-order valence-electron chi connectivity index (χ2n) is 4.12. The third kappa shape index (κ3) is 5.16. The number of amides is 1. The van der Waals surface area contributed by atoms with Crippen LogP contribution in [0.3, 0.4) is 0 Å². The van der Waals surface area contributed by atoms with E-state index in [-0.39, 0.29) is 12.0 Å². The van der Waals surface area contributed by atoms with E-state index in [0.29, 0.717) is 32.5 Å². The van der Waals surface area contributed by atoms with Crippen LogP contribution < -0.4 is 0 Å². The average molecular weight is 240 g/mol. The Morgan fingerprint density at radius 1 is 1.59 bits per heavy atom. The molecule has 5 heteroatoms. The van der Waals surface area contributed by atoms with E-state index in [1.807, 2.05) is 0 Å². The lowest BCUT2D eigenvalue weighted by molar-refractivity contribution is -0.134. The lowest BCUT2D eigenvalue weighted by Crippen LogP contribution is -2.36. The Labute approximate surface area is 102 Å². The van der Waals surface area contributed by atoms with Crippen molar-refractivity contribution in [2.75, 3.05) is 33.4 Å². The van der Waals surface area contributed by atoms with Crippen molar-refractivity contribution in [1.29, 1.82) is 5.26 Å². The average Bonchev–Trinajstić information content (AvgIpc) is 2.82. The van der Waals surface area contributed by atoms with Crippen molar-refractivity contribution in [3.63, 3.8) is 0 Å². The van der Waals surface area contributed by atoms with Crippen LogP contribution in [0.4, 0.5) is 0 Å². The van der Waals surface area contributed by atoms with Crippen molar-refractivity contribution in [3.8, 4) is 6.07 Å². The molecule has 0 aromatic rings. The van der Waals surface area contributed by atoms with Crippen LogP contribution in [0, 0.1) is 11.3 Å².